The second kappa shape index (κ2) is 8.50. The van der Waals surface area contributed by atoms with Gasteiger partial charge in [0, 0.05) is 43.1 Å². The predicted molar refractivity (Wildman–Crippen MR) is 130 cm³/mol. The Morgan fingerprint density at radius 2 is 1.68 bits per heavy atom. The van der Waals surface area contributed by atoms with E-state index < -0.39 is 6.04 Å². The van der Waals surface area contributed by atoms with Crippen LogP contribution in [0.5, 0.6) is 0 Å². The van der Waals surface area contributed by atoms with Crippen molar-refractivity contribution >= 4 is 33.6 Å². The van der Waals surface area contributed by atoms with Gasteiger partial charge in [0.1, 0.15) is 12.6 Å². The number of hydrogen-bond donors (Lipinski definition) is 0. The molecule has 34 heavy (non-hydrogen) atoms. The van der Waals surface area contributed by atoms with Crippen molar-refractivity contribution in [1.29, 1.82) is 0 Å². The Morgan fingerprint density at radius 3 is 2.59 bits per heavy atom. The van der Waals surface area contributed by atoms with Crippen molar-refractivity contribution in [2.75, 3.05) is 26.2 Å². The van der Waals surface area contributed by atoms with Crippen LogP contribution in [0.1, 0.15) is 11.3 Å². The van der Waals surface area contributed by atoms with Crippen LogP contribution in [-0.2, 0) is 22.7 Å². The van der Waals surface area contributed by atoms with Crippen LogP contribution in [0.25, 0.3) is 21.8 Å². The van der Waals surface area contributed by atoms with Gasteiger partial charge < -0.3 is 9.80 Å². The van der Waals surface area contributed by atoms with Gasteiger partial charge >= 0.3 is 0 Å². The minimum Gasteiger partial charge on any atom is -0.327 e. The zero-order valence-corrected chi connectivity index (χ0v) is 18.8. The van der Waals surface area contributed by atoms with Gasteiger partial charge in [0.25, 0.3) is 0 Å². The van der Waals surface area contributed by atoms with Gasteiger partial charge in [-0.05, 0) is 29.8 Å². The smallest absolute Gasteiger partial charge is 0.247 e. The van der Waals surface area contributed by atoms with Crippen molar-refractivity contribution in [3.8, 4) is 0 Å². The summed E-state index contributed by atoms with van der Waals surface area (Å²) in [6.45, 7) is 3.02. The number of rotatable bonds is 4. The average molecular weight is 452 g/mol. The highest BCUT2D eigenvalue weighted by Crippen LogP contribution is 2.23. The molecule has 170 valence electrons. The maximum Gasteiger partial charge on any atom is 0.247 e. The van der Waals surface area contributed by atoms with Crippen molar-refractivity contribution < 1.29 is 9.59 Å². The first-order valence-corrected chi connectivity index (χ1v) is 11.6. The maximum absolute atomic E-state index is 13.5. The second-order valence-electron chi connectivity index (χ2n) is 9.01. The molecular formula is C27H25N5O2. The predicted octanol–water partition coefficient (Wildman–Crippen LogP) is 2.84. The second-order valence-corrected chi connectivity index (χ2v) is 9.01. The number of aromatic nitrogens is 2. The topological polar surface area (TPSA) is 69.6 Å². The number of nitrogens with zero attached hydrogens (tertiary/aromatic N) is 5. The Balaban J connectivity index is 1.20. The summed E-state index contributed by atoms with van der Waals surface area (Å²) < 4.78 is 0. The first kappa shape index (κ1) is 20.7. The first-order valence-electron chi connectivity index (χ1n) is 11.6. The minimum atomic E-state index is -0.455. The summed E-state index contributed by atoms with van der Waals surface area (Å²) in [5.74, 6) is 0.0123. The lowest BCUT2D eigenvalue weighted by Gasteiger charge is -2.46. The van der Waals surface area contributed by atoms with E-state index in [9.17, 15) is 9.59 Å². The summed E-state index contributed by atoms with van der Waals surface area (Å²) >= 11 is 0. The van der Waals surface area contributed by atoms with Gasteiger partial charge in [0.05, 0.1) is 23.3 Å². The molecule has 7 nitrogen and oxygen atoms in total. The molecule has 2 aliphatic heterocycles. The van der Waals surface area contributed by atoms with Crippen LogP contribution in [0.3, 0.4) is 0 Å². The van der Waals surface area contributed by atoms with Gasteiger partial charge in [-0.3, -0.25) is 24.5 Å². The molecule has 2 amide bonds. The van der Waals surface area contributed by atoms with Crippen LogP contribution in [-0.4, -0.2) is 68.7 Å². The van der Waals surface area contributed by atoms with Gasteiger partial charge in [0.2, 0.25) is 11.8 Å². The highest BCUT2D eigenvalue weighted by Gasteiger charge is 2.42. The molecule has 0 spiro atoms. The third-order valence-electron chi connectivity index (χ3n) is 6.85. The molecule has 4 aromatic rings. The quantitative estimate of drug-likeness (QED) is 0.477. The largest absolute Gasteiger partial charge is 0.327 e. The molecule has 2 aromatic heterocycles. The SMILES string of the molecule is O=C1C2CN(Cc3ccnc4ccccc34)CCN2C(=O)CN1Cc1ccc2ccccc2n1. The van der Waals surface area contributed by atoms with E-state index in [0.717, 1.165) is 40.6 Å². The van der Waals surface area contributed by atoms with E-state index in [1.54, 1.807) is 9.80 Å². The summed E-state index contributed by atoms with van der Waals surface area (Å²) in [5, 5.41) is 2.19. The number of benzene rings is 2. The third-order valence-corrected chi connectivity index (χ3v) is 6.85. The van der Waals surface area contributed by atoms with E-state index in [4.69, 9.17) is 4.98 Å². The molecule has 2 aromatic carbocycles. The van der Waals surface area contributed by atoms with E-state index in [1.165, 1.54) is 5.56 Å². The summed E-state index contributed by atoms with van der Waals surface area (Å²) in [6, 6.07) is 21.6. The Labute approximate surface area is 197 Å². The minimum absolute atomic E-state index is 0.00107. The zero-order chi connectivity index (χ0) is 23.1. The molecule has 2 aliphatic rings. The maximum atomic E-state index is 13.5. The fraction of sp³-hybridized carbons (Fsp3) is 0.259. The monoisotopic (exact) mass is 451 g/mol. The number of carbonyl (C=O) groups excluding carboxylic acids is 2. The van der Waals surface area contributed by atoms with Crippen LogP contribution < -0.4 is 0 Å². The molecule has 0 radical (unpaired) electrons. The molecule has 2 saturated heterocycles. The summed E-state index contributed by atoms with van der Waals surface area (Å²) in [6.07, 6.45) is 1.83. The molecule has 7 heteroatoms. The van der Waals surface area contributed by atoms with Crippen molar-refractivity contribution in [1.82, 2.24) is 24.7 Å². The van der Waals surface area contributed by atoms with Gasteiger partial charge in [-0.1, -0.05) is 42.5 Å². The standard InChI is InChI=1S/C27H25N5O2/c33-26-18-31(16-21-10-9-19-5-1-3-7-23(19)29-21)27(34)25-17-30(13-14-32(25)26)15-20-11-12-28-24-8-4-2-6-22(20)24/h1-12,25H,13-18H2. The van der Waals surface area contributed by atoms with Crippen LogP contribution in [0.2, 0.25) is 0 Å². The van der Waals surface area contributed by atoms with Gasteiger partial charge in [-0.2, -0.15) is 0 Å². The molecule has 6 rings (SSSR count). The lowest BCUT2D eigenvalue weighted by molar-refractivity contribution is -0.160. The molecule has 4 heterocycles. The molecule has 0 N–H and O–H groups in total. The molecule has 1 atom stereocenters. The lowest BCUT2D eigenvalue weighted by Crippen LogP contribution is -2.66. The number of para-hydroxylation sites is 2. The zero-order valence-electron chi connectivity index (χ0n) is 18.8. The number of pyridine rings is 2. The fourth-order valence-electron chi connectivity index (χ4n) is 5.10. The highest BCUT2D eigenvalue weighted by molar-refractivity contribution is 5.95. The van der Waals surface area contributed by atoms with Crippen molar-refractivity contribution in [2.24, 2.45) is 0 Å². The Kier molecular flexibility index (Phi) is 5.19. The molecule has 1 unspecified atom stereocenters. The van der Waals surface area contributed by atoms with Crippen molar-refractivity contribution in [2.45, 2.75) is 19.1 Å². The average Bonchev–Trinajstić information content (AvgIpc) is 2.87. The number of hydrogen-bond acceptors (Lipinski definition) is 5. The Bertz CT molecular complexity index is 1400. The van der Waals surface area contributed by atoms with Crippen molar-refractivity contribution in [3.05, 3.63) is 84.2 Å². The molecule has 0 bridgehead atoms. The highest BCUT2D eigenvalue weighted by atomic mass is 16.2. The summed E-state index contributed by atoms with van der Waals surface area (Å²) in [5.41, 5.74) is 3.84. The van der Waals surface area contributed by atoms with Gasteiger partial charge in [-0.25, -0.2) is 0 Å². The Hall–Kier alpha value is -3.84. The van der Waals surface area contributed by atoms with Crippen LogP contribution in [0, 0.1) is 0 Å². The number of amides is 2. The molecule has 0 aliphatic carbocycles. The fourth-order valence-corrected chi connectivity index (χ4v) is 5.10. The molecule has 0 saturated carbocycles. The van der Waals surface area contributed by atoms with Gasteiger partial charge in [0.15, 0.2) is 0 Å². The van der Waals surface area contributed by atoms with E-state index >= 15 is 0 Å². The lowest BCUT2D eigenvalue weighted by atomic mass is 10.0. The number of carbonyl (C=O) groups is 2. The first-order chi connectivity index (χ1) is 16.7. The van der Waals surface area contributed by atoms with Crippen LogP contribution >= 0.6 is 0 Å². The van der Waals surface area contributed by atoms with E-state index in [0.29, 0.717) is 19.6 Å². The third kappa shape index (κ3) is 3.78. The summed E-state index contributed by atoms with van der Waals surface area (Å²) in [7, 11) is 0. The Morgan fingerprint density at radius 1 is 0.853 bits per heavy atom. The molecule has 2 fully saturated rings. The number of piperazine rings is 2. The number of fused-ring (bicyclic) bond motifs is 3. The summed E-state index contributed by atoms with van der Waals surface area (Å²) in [4.78, 5) is 41.2. The van der Waals surface area contributed by atoms with Crippen molar-refractivity contribution in [3.63, 3.8) is 0 Å². The van der Waals surface area contributed by atoms with E-state index in [1.807, 2.05) is 66.9 Å². The van der Waals surface area contributed by atoms with Crippen LogP contribution in [0.4, 0.5) is 0 Å². The van der Waals surface area contributed by atoms with Crippen LogP contribution in [0.15, 0.2) is 72.9 Å². The van der Waals surface area contributed by atoms with Gasteiger partial charge in [-0.15, -0.1) is 0 Å². The van der Waals surface area contributed by atoms with E-state index in [-0.39, 0.29) is 18.4 Å². The normalized spacial score (nSPS) is 19.1. The molecular weight excluding hydrogens is 426 g/mol. The van der Waals surface area contributed by atoms with E-state index in [2.05, 4.69) is 16.0 Å².